The Balaban J connectivity index is 1.25. The number of rotatable bonds is 4. The summed E-state index contributed by atoms with van der Waals surface area (Å²) in [6, 6.07) is 64.6. The van der Waals surface area contributed by atoms with Gasteiger partial charge in [0.1, 0.15) is 0 Å². The molecule has 9 aromatic carbocycles. The second-order valence-corrected chi connectivity index (χ2v) is 15.7. The van der Waals surface area contributed by atoms with Gasteiger partial charge < -0.3 is 0 Å². The Morgan fingerprint density at radius 2 is 0.788 bits per heavy atom. The topological polar surface area (TPSA) is 13.1 Å². The van der Waals surface area contributed by atoms with Crippen molar-refractivity contribution in [3.63, 3.8) is 0 Å². The van der Waals surface area contributed by atoms with Crippen LogP contribution in [-0.4, -0.2) is 14.5 Å². The van der Waals surface area contributed by atoms with E-state index in [0.29, 0.717) is 0 Å². The predicted molar refractivity (Wildman–Crippen MR) is 222 cm³/mol. The molecule has 0 fully saturated rings. The van der Waals surface area contributed by atoms with E-state index >= 15 is 0 Å². The van der Waals surface area contributed by atoms with E-state index in [9.17, 15) is 0 Å². The van der Waals surface area contributed by atoms with Crippen LogP contribution >= 0.6 is 0 Å². The Morgan fingerprint density at radius 1 is 0.327 bits per heavy atom. The molecule has 11 aromatic rings. The first-order valence-electron chi connectivity index (χ1n) is 17.8. The van der Waals surface area contributed by atoms with Gasteiger partial charge in [0, 0.05) is 0 Å². The fourth-order valence-electron chi connectivity index (χ4n) is 8.69. The fraction of sp³-hybridized carbons (Fsp3) is 0. The molecule has 2 heterocycles. The Kier molecular flexibility index (Phi) is 6.64. The van der Waals surface area contributed by atoms with Gasteiger partial charge in [-0.15, -0.1) is 0 Å². The predicted octanol–water partition coefficient (Wildman–Crippen LogP) is 13.9. The Morgan fingerprint density at radius 3 is 1.35 bits per heavy atom. The molecule has 0 aliphatic rings. The molecule has 11 rings (SSSR count). The molecule has 0 radical (unpaired) electrons. The van der Waals surface area contributed by atoms with E-state index in [1.807, 2.05) is 6.07 Å². The molecule has 2 aromatic heterocycles. The third-order valence-electron chi connectivity index (χ3n) is 10.8. The van der Waals surface area contributed by atoms with E-state index in [1.54, 1.807) is 6.26 Å². The maximum absolute atomic E-state index is 6.05. The first kappa shape index (κ1) is 29.5. The average molecular weight is 726 g/mol. The van der Waals surface area contributed by atoms with E-state index in [1.165, 1.54) is 95.8 Å². The van der Waals surface area contributed by atoms with Gasteiger partial charge in [-0.2, -0.15) is 0 Å². The molecule has 242 valence electrons. The van der Waals surface area contributed by atoms with Crippen LogP contribution in [0, 0.1) is 0 Å². The molecule has 0 N–H and O–H groups in total. The molecule has 0 atom stereocenters. The third-order valence-corrected chi connectivity index (χ3v) is 13.3. The molecule has 0 saturated carbocycles. The number of fused-ring (bicyclic) bond motifs is 7. The standard InChI is InChI=1S/C50H30OSe/c1-2-15-31(16-3-1)45-32-17-4-6-19-34(32)46(35-20-7-5-18-33(35)45)40-25-13-29-44-49(40)42-27-12-26-41(50(42)52-44)47-36-21-8-10-23-38(36)48(43-28-14-30-51-43)39-24-11-9-22-37(39)47/h1-30H. The van der Waals surface area contributed by atoms with Gasteiger partial charge in [0.2, 0.25) is 0 Å². The van der Waals surface area contributed by atoms with Crippen LogP contribution in [0.15, 0.2) is 187 Å². The maximum atomic E-state index is 6.05. The van der Waals surface area contributed by atoms with Gasteiger partial charge in [-0.3, -0.25) is 0 Å². The van der Waals surface area contributed by atoms with Crippen LogP contribution in [0.2, 0.25) is 0 Å². The Bertz CT molecular complexity index is 3050. The molecule has 0 bridgehead atoms. The molecule has 0 spiro atoms. The van der Waals surface area contributed by atoms with Gasteiger partial charge in [0.05, 0.1) is 0 Å². The normalized spacial score (nSPS) is 11.8. The molecule has 0 saturated heterocycles. The zero-order chi connectivity index (χ0) is 34.2. The van der Waals surface area contributed by atoms with Crippen LogP contribution in [0.3, 0.4) is 0 Å². The summed E-state index contributed by atoms with van der Waals surface area (Å²) >= 11 is 0.120. The summed E-state index contributed by atoms with van der Waals surface area (Å²) in [5.41, 5.74) is 8.95. The first-order valence-corrected chi connectivity index (χ1v) is 19.5. The van der Waals surface area contributed by atoms with Gasteiger partial charge in [-0.25, -0.2) is 0 Å². The second kappa shape index (κ2) is 11.7. The quantitative estimate of drug-likeness (QED) is 0.130. The van der Waals surface area contributed by atoms with E-state index in [0.717, 1.165) is 11.3 Å². The van der Waals surface area contributed by atoms with Crippen molar-refractivity contribution >= 4 is 76.9 Å². The van der Waals surface area contributed by atoms with Crippen LogP contribution in [0.25, 0.3) is 107 Å². The van der Waals surface area contributed by atoms with Gasteiger partial charge in [0.15, 0.2) is 0 Å². The zero-order valence-electron chi connectivity index (χ0n) is 28.1. The fourth-order valence-corrected chi connectivity index (χ4v) is 11.3. The Hall–Kier alpha value is -6.18. The summed E-state index contributed by atoms with van der Waals surface area (Å²) < 4.78 is 8.94. The summed E-state index contributed by atoms with van der Waals surface area (Å²) in [4.78, 5) is 0. The summed E-state index contributed by atoms with van der Waals surface area (Å²) in [6.07, 6.45) is 1.77. The van der Waals surface area contributed by atoms with E-state index in [-0.39, 0.29) is 14.5 Å². The van der Waals surface area contributed by atoms with Crippen molar-refractivity contribution in [2.75, 3.05) is 0 Å². The van der Waals surface area contributed by atoms with E-state index < -0.39 is 0 Å². The molecule has 0 amide bonds. The molecular weight excluding hydrogens is 696 g/mol. The van der Waals surface area contributed by atoms with Crippen molar-refractivity contribution in [1.29, 1.82) is 0 Å². The van der Waals surface area contributed by atoms with Gasteiger partial charge in [-0.1, -0.05) is 0 Å². The van der Waals surface area contributed by atoms with Crippen LogP contribution in [-0.2, 0) is 0 Å². The minimum absolute atomic E-state index is 0.120. The third kappa shape index (κ3) is 4.29. The first-order chi connectivity index (χ1) is 25.8. The van der Waals surface area contributed by atoms with Crippen molar-refractivity contribution in [2.24, 2.45) is 0 Å². The van der Waals surface area contributed by atoms with Crippen LogP contribution < -0.4 is 0 Å². The van der Waals surface area contributed by atoms with Gasteiger partial charge in [0.25, 0.3) is 0 Å². The summed E-state index contributed by atoms with van der Waals surface area (Å²) in [6.45, 7) is 0. The van der Waals surface area contributed by atoms with Gasteiger partial charge >= 0.3 is 308 Å². The van der Waals surface area contributed by atoms with Crippen molar-refractivity contribution in [3.8, 4) is 44.7 Å². The molecular formula is C50H30OSe. The van der Waals surface area contributed by atoms with Crippen molar-refractivity contribution < 1.29 is 4.42 Å². The number of furan rings is 1. The molecule has 2 heteroatoms. The van der Waals surface area contributed by atoms with Crippen LogP contribution in [0.4, 0.5) is 0 Å². The molecule has 0 unspecified atom stereocenters. The summed E-state index contributed by atoms with van der Waals surface area (Å²) in [7, 11) is 0. The summed E-state index contributed by atoms with van der Waals surface area (Å²) in [5.74, 6) is 0.899. The van der Waals surface area contributed by atoms with Crippen molar-refractivity contribution in [3.05, 3.63) is 182 Å². The number of benzene rings is 9. The SMILES string of the molecule is c1ccc(-c2c3ccccc3c(-c3cccc4[se]c5c(-c6c7ccccc7c(-c7ccco7)c7ccccc67)cccc5c34)c3ccccc23)cc1. The van der Waals surface area contributed by atoms with Gasteiger partial charge in [-0.05, 0) is 0 Å². The molecule has 0 aliphatic carbocycles. The second-order valence-electron chi connectivity index (χ2n) is 13.5. The Labute approximate surface area is 306 Å². The monoisotopic (exact) mass is 726 g/mol. The molecule has 0 aliphatic heterocycles. The van der Waals surface area contributed by atoms with Crippen LogP contribution in [0.5, 0.6) is 0 Å². The van der Waals surface area contributed by atoms with Crippen molar-refractivity contribution in [1.82, 2.24) is 0 Å². The van der Waals surface area contributed by atoms with E-state index in [4.69, 9.17) is 4.42 Å². The number of hydrogen-bond acceptors (Lipinski definition) is 1. The molecule has 1 nitrogen and oxygen atoms in total. The van der Waals surface area contributed by atoms with Crippen molar-refractivity contribution in [2.45, 2.75) is 0 Å². The minimum atomic E-state index is 0.120. The number of hydrogen-bond donors (Lipinski definition) is 0. The molecule has 52 heavy (non-hydrogen) atoms. The average Bonchev–Trinajstić information content (AvgIpc) is 3.88. The van der Waals surface area contributed by atoms with Crippen LogP contribution in [0.1, 0.15) is 0 Å². The van der Waals surface area contributed by atoms with E-state index in [2.05, 4.69) is 170 Å². The zero-order valence-corrected chi connectivity index (χ0v) is 29.9. The summed E-state index contributed by atoms with van der Waals surface area (Å²) in [5, 5.41) is 12.8.